The first-order valence-corrected chi connectivity index (χ1v) is 8.80. The molecule has 1 heterocycles. The fourth-order valence-electron chi connectivity index (χ4n) is 2.74. The van der Waals surface area contributed by atoms with Gasteiger partial charge in [0.1, 0.15) is 0 Å². The third-order valence-corrected chi connectivity index (χ3v) is 5.03. The summed E-state index contributed by atoms with van der Waals surface area (Å²) in [6.07, 6.45) is 3.73. The lowest BCUT2D eigenvalue weighted by molar-refractivity contribution is 0.194. The molecule has 0 saturated heterocycles. The molecule has 0 aliphatic heterocycles. The van der Waals surface area contributed by atoms with Crippen LogP contribution in [0.5, 0.6) is 0 Å². The van der Waals surface area contributed by atoms with E-state index < -0.39 is 0 Å². The van der Waals surface area contributed by atoms with E-state index in [4.69, 9.17) is 5.73 Å². The second-order valence-corrected chi connectivity index (χ2v) is 7.76. The smallest absolute Gasteiger partial charge is 0.0327 e. The van der Waals surface area contributed by atoms with Crippen LogP contribution < -0.4 is 5.73 Å². The quantitative estimate of drug-likeness (QED) is 0.733. The Hall–Kier alpha value is -0.380. The van der Waals surface area contributed by atoms with Crippen LogP contribution in [-0.4, -0.2) is 24.5 Å². The number of thiophene rings is 1. The predicted octanol–water partition coefficient (Wildman–Crippen LogP) is 4.36. The van der Waals surface area contributed by atoms with Gasteiger partial charge < -0.3 is 5.73 Å². The minimum Gasteiger partial charge on any atom is -0.330 e. The molecule has 0 bridgehead atoms. The molecule has 0 fully saturated rings. The van der Waals surface area contributed by atoms with E-state index in [1.54, 1.807) is 0 Å². The minimum absolute atomic E-state index is 0.379. The fraction of sp³-hybridized carbons (Fsp3) is 0.765. The normalized spacial score (nSPS) is 13.9. The van der Waals surface area contributed by atoms with Crippen molar-refractivity contribution in [2.24, 2.45) is 17.1 Å². The largest absolute Gasteiger partial charge is 0.330 e. The van der Waals surface area contributed by atoms with Crippen molar-refractivity contribution in [3.63, 3.8) is 0 Å². The molecule has 0 aromatic carbocycles. The van der Waals surface area contributed by atoms with Crippen molar-refractivity contribution in [2.75, 3.05) is 19.6 Å². The fourth-order valence-corrected chi connectivity index (χ4v) is 3.49. The Bertz CT molecular complexity index is 340. The van der Waals surface area contributed by atoms with Crippen molar-refractivity contribution in [3.05, 3.63) is 22.4 Å². The van der Waals surface area contributed by atoms with Crippen molar-refractivity contribution in [1.82, 2.24) is 4.90 Å². The average Bonchev–Trinajstić information content (AvgIpc) is 2.88. The van der Waals surface area contributed by atoms with E-state index in [9.17, 15) is 0 Å². The van der Waals surface area contributed by atoms with Gasteiger partial charge in [0.2, 0.25) is 0 Å². The molecule has 2 nitrogen and oxygen atoms in total. The topological polar surface area (TPSA) is 29.3 Å². The zero-order valence-electron chi connectivity index (χ0n) is 13.7. The van der Waals surface area contributed by atoms with Crippen molar-refractivity contribution in [1.29, 1.82) is 0 Å². The zero-order valence-corrected chi connectivity index (χ0v) is 14.5. The van der Waals surface area contributed by atoms with Crippen LogP contribution in [0, 0.1) is 11.3 Å². The maximum Gasteiger partial charge on any atom is 0.0327 e. The molecule has 0 saturated carbocycles. The number of rotatable bonds is 9. The first-order chi connectivity index (χ1) is 9.47. The Morgan fingerprint density at radius 2 is 2.05 bits per heavy atom. The third-order valence-electron chi connectivity index (χ3n) is 4.17. The molecule has 1 aromatic heterocycles. The summed E-state index contributed by atoms with van der Waals surface area (Å²) >= 11 is 1.86. The Labute approximate surface area is 129 Å². The van der Waals surface area contributed by atoms with Gasteiger partial charge in [0, 0.05) is 11.4 Å². The highest BCUT2D eigenvalue weighted by Gasteiger charge is 2.23. The van der Waals surface area contributed by atoms with E-state index in [0.717, 1.165) is 32.0 Å². The van der Waals surface area contributed by atoms with Crippen LogP contribution in [0.3, 0.4) is 0 Å². The van der Waals surface area contributed by atoms with Gasteiger partial charge in [-0.05, 0) is 61.7 Å². The highest BCUT2D eigenvalue weighted by molar-refractivity contribution is 7.09. The Balaban J connectivity index is 2.36. The number of nitrogens with zero attached hydrogens (tertiary/aromatic N) is 1. The van der Waals surface area contributed by atoms with Crippen LogP contribution in [0.4, 0.5) is 0 Å². The van der Waals surface area contributed by atoms with Crippen LogP contribution in [-0.2, 0) is 6.54 Å². The molecule has 1 atom stereocenters. The second-order valence-electron chi connectivity index (χ2n) is 6.73. The van der Waals surface area contributed by atoms with Crippen LogP contribution in [0.2, 0.25) is 0 Å². The molecule has 0 aliphatic rings. The van der Waals surface area contributed by atoms with Crippen LogP contribution in [0.1, 0.15) is 51.8 Å². The Morgan fingerprint density at radius 1 is 1.30 bits per heavy atom. The van der Waals surface area contributed by atoms with Gasteiger partial charge in [-0.1, -0.05) is 33.8 Å². The SMILES string of the molecule is CCN(CCCC(CCN)C(C)(C)C)Cc1cccs1. The monoisotopic (exact) mass is 296 g/mol. The van der Waals surface area contributed by atoms with Gasteiger partial charge in [-0.15, -0.1) is 11.3 Å². The van der Waals surface area contributed by atoms with Crippen molar-refractivity contribution >= 4 is 11.3 Å². The van der Waals surface area contributed by atoms with E-state index in [1.807, 2.05) is 11.3 Å². The van der Waals surface area contributed by atoms with Gasteiger partial charge in [0.05, 0.1) is 0 Å². The molecule has 3 heteroatoms. The van der Waals surface area contributed by atoms with E-state index in [-0.39, 0.29) is 0 Å². The van der Waals surface area contributed by atoms with Gasteiger partial charge in [0.15, 0.2) is 0 Å². The maximum atomic E-state index is 5.77. The molecule has 0 radical (unpaired) electrons. The van der Waals surface area contributed by atoms with Gasteiger partial charge in [-0.2, -0.15) is 0 Å². The molecular formula is C17H32N2S. The Kier molecular flexibility index (Phi) is 7.78. The molecule has 1 aromatic rings. The molecule has 0 aliphatic carbocycles. The lowest BCUT2D eigenvalue weighted by atomic mass is 9.76. The minimum atomic E-state index is 0.379. The van der Waals surface area contributed by atoms with Gasteiger partial charge >= 0.3 is 0 Å². The molecule has 1 rings (SSSR count). The van der Waals surface area contributed by atoms with E-state index >= 15 is 0 Å². The summed E-state index contributed by atoms with van der Waals surface area (Å²) in [5.74, 6) is 0.743. The van der Waals surface area contributed by atoms with E-state index in [0.29, 0.717) is 5.41 Å². The molecule has 116 valence electrons. The number of hydrogen-bond donors (Lipinski definition) is 1. The van der Waals surface area contributed by atoms with Crippen LogP contribution in [0.25, 0.3) is 0 Å². The van der Waals surface area contributed by atoms with E-state index in [1.165, 1.54) is 24.3 Å². The number of hydrogen-bond acceptors (Lipinski definition) is 3. The lowest BCUT2D eigenvalue weighted by Gasteiger charge is -2.31. The Morgan fingerprint density at radius 3 is 2.55 bits per heavy atom. The zero-order chi connectivity index (χ0) is 15.0. The second kappa shape index (κ2) is 8.81. The molecule has 0 spiro atoms. The first-order valence-electron chi connectivity index (χ1n) is 7.92. The summed E-state index contributed by atoms with van der Waals surface area (Å²) in [5.41, 5.74) is 6.14. The summed E-state index contributed by atoms with van der Waals surface area (Å²) in [4.78, 5) is 4.02. The highest BCUT2D eigenvalue weighted by Crippen LogP contribution is 2.32. The third kappa shape index (κ3) is 6.38. The van der Waals surface area contributed by atoms with Crippen molar-refractivity contribution in [3.8, 4) is 0 Å². The number of nitrogens with two attached hydrogens (primary N) is 1. The summed E-state index contributed by atoms with van der Waals surface area (Å²) in [7, 11) is 0. The van der Waals surface area contributed by atoms with Gasteiger partial charge in [0.25, 0.3) is 0 Å². The molecule has 20 heavy (non-hydrogen) atoms. The van der Waals surface area contributed by atoms with Crippen LogP contribution >= 0.6 is 11.3 Å². The summed E-state index contributed by atoms with van der Waals surface area (Å²) < 4.78 is 0. The molecule has 2 N–H and O–H groups in total. The summed E-state index contributed by atoms with van der Waals surface area (Å²) in [6, 6.07) is 4.38. The molecular weight excluding hydrogens is 264 g/mol. The average molecular weight is 297 g/mol. The molecule has 0 amide bonds. The van der Waals surface area contributed by atoms with E-state index in [2.05, 4.69) is 50.1 Å². The first kappa shape index (κ1) is 17.7. The van der Waals surface area contributed by atoms with Gasteiger partial charge in [-0.3, -0.25) is 4.90 Å². The predicted molar refractivity (Wildman–Crippen MR) is 91.1 cm³/mol. The molecule has 1 unspecified atom stereocenters. The van der Waals surface area contributed by atoms with Crippen molar-refractivity contribution in [2.45, 2.75) is 53.5 Å². The maximum absolute atomic E-state index is 5.77. The van der Waals surface area contributed by atoms with Crippen molar-refractivity contribution < 1.29 is 0 Å². The van der Waals surface area contributed by atoms with Crippen LogP contribution in [0.15, 0.2) is 17.5 Å². The highest BCUT2D eigenvalue weighted by atomic mass is 32.1. The summed E-state index contributed by atoms with van der Waals surface area (Å²) in [5, 5.41) is 2.17. The lowest BCUT2D eigenvalue weighted by Crippen LogP contribution is -2.27. The van der Waals surface area contributed by atoms with Gasteiger partial charge in [-0.25, -0.2) is 0 Å². The summed E-state index contributed by atoms with van der Waals surface area (Å²) in [6.45, 7) is 13.5. The standard InChI is InChI=1S/C17H32N2S/c1-5-19(14-16-9-7-13-20-16)12-6-8-15(10-11-18)17(2,3)4/h7,9,13,15H,5-6,8,10-12,14,18H2,1-4H3.